The fourth-order valence-corrected chi connectivity index (χ4v) is 2.26. The molecular weight excluding hydrogens is 306 g/mol. The second kappa shape index (κ2) is 7.50. The Morgan fingerprint density at radius 3 is 2.58 bits per heavy atom. The van der Waals surface area contributed by atoms with Crippen molar-refractivity contribution in [1.82, 2.24) is 0 Å². The smallest absolute Gasteiger partial charge is 0.338 e. The van der Waals surface area contributed by atoms with E-state index >= 15 is 0 Å². The van der Waals surface area contributed by atoms with Gasteiger partial charge < -0.3 is 20.7 Å². The summed E-state index contributed by atoms with van der Waals surface area (Å²) in [5, 5.41) is 2.79. The van der Waals surface area contributed by atoms with Gasteiger partial charge in [0.05, 0.1) is 17.7 Å². The lowest BCUT2D eigenvalue weighted by atomic mass is 10.1. The molecule has 0 bridgehead atoms. The average Bonchev–Trinajstić information content (AvgIpc) is 2.55. The van der Waals surface area contributed by atoms with Crippen molar-refractivity contribution >= 4 is 28.9 Å². The fourth-order valence-electron chi connectivity index (χ4n) is 2.26. The van der Waals surface area contributed by atoms with Crippen molar-refractivity contribution < 1.29 is 14.3 Å². The highest BCUT2D eigenvalue weighted by atomic mass is 16.5. The van der Waals surface area contributed by atoms with Crippen LogP contribution in [0.3, 0.4) is 0 Å². The number of nitrogens with one attached hydrogen (secondary N) is 1. The van der Waals surface area contributed by atoms with Gasteiger partial charge in [-0.3, -0.25) is 4.79 Å². The van der Waals surface area contributed by atoms with Gasteiger partial charge in [0.2, 0.25) is 0 Å². The van der Waals surface area contributed by atoms with Gasteiger partial charge in [0.15, 0.2) is 0 Å². The summed E-state index contributed by atoms with van der Waals surface area (Å²) in [5.41, 5.74) is 8.41. The molecule has 0 atom stereocenters. The quantitative estimate of drug-likeness (QED) is 0.651. The minimum Gasteiger partial charge on any atom is -0.462 e. The Morgan fingerprint density at radius 1 is 1.17 bits per heavy atom. The predicted molar refractivity (Wildman–Crippen MR) is 95.5 cm³/mol. The van der Waals surface area contributed by atoms with E-state index in [-0.39, 0.29) is 5.91 Å². The largest absolute Gasteiger partial charge is 0.462 e. The van der Waals surface area contributed by atoms with Crippen LogP contribution in [-0.2, 0) is 4.74 Å². The molecule has 0 aliphatic rings. The summed E-state index contributed by atoms with van der Waals surface area (Å²) in [7, 11) is 3.70. The van der Waals surface area contributed by atoms with E-state index in [2.05, 4.69) is 5.32 Å². The molecule has 0 saturated heterocycles. The van der Waals surface area contributed by atoms with E-state index < -0.39 is 5.97 Å². The third-order valence-electron chi connectivity index (χ3n) is 3.38. The Labute approximate surface area is 141 Å². The number of amides is 1. The topological polar surface area (TPSA) is 84.7 Å². The molecular formula is C18H21N3O3. The minimum atomic E-state index is -0.425. The second-order valence-electron chi connectivity index (χ2n) is 5.43. The zero-order chi connectivity index (χ0) is 17.7. The SMILES string of the molecule is CCOC(=O)c1cccc(NC(=O)c2cc(N)ccc2N(C)C)c1. The lowest BCUT2D eigenvalue weighted by Crippen LogP contribution is -2.19. The maximum absolute atomic E-state index is 12.6. The van der Waals surface area contributed by atoms with Crippen molar-refractivity contribution in [3.05, 3.63) is 53.6 Å². The summed E-state index contributed by atoms with van der Waals surface area (Å²) in [6.45, 7) is 2.04. The van der Waals surface area contributed by atoms with Gasteiger partial charge in [0.25, 0.3) is 5.91 Å². The summed E-state index contributed by atoms with van der Waals surface area (Å²) >= 11 is 0. The van der Waals surface area contributed by atoms with E-state index in [1.165, 1.54) is 0 Å². The number of esters is 1. The van der Waals surface area contributed by atoms with Crippen LogP contribution in [0.2, 0.25) is 0 Å². The number of nitrogens with two attached hydrogens (primary N) is 1. The Balaban J connectivity index is 2.26. The molecule has 6 nitrogen and oxygen atoms in total. The van der Waals surface area contributed by atoms with E-state index in [1.807, 2.05) is 19.0 Å². The first-order chi connectivity index (χ1) is 11.4. The number of hydrogen-bond acceptors (Lipinski definition) is 5. The van der Waals surface area contributed by atoms with Crippen LogP contribution in [0.15, 0.2) is 42.5 Å². The van der Waals surface area contributed by atoms with Crippen molar-refractivity contribution in [1.29, 1.82) is 0 Å². The third-order valence-corrected chi connectivity index (χ3v) is 3.38. The van der Waals surface area contributed by atoms with Crippen molar-refractivity contribution in [2.45, 2.75) is 6.92 Å². The molecule has 0 aliphatic carbocycles. The fraction of sp³-hybridized carbons (Fsp3) is 0.222. The first kappa shape index (κ1) is 17.3. The van der Waals surface area contributed by atoms with Gasteiger partial charge in [-0.1, -0.05) is 6.07 Å². The van der Waals surface area contributed by atoms with Gasteiger partial charge in [-0.05, 0) is 43.3 Å². The lowest BCUT2D eigenvalue weighted by Gasteiger charge is -2.17. The number of carbonyl (C=O) groups excluding carboxylic acids is 2. The maximum Gasteiger partial charge on any atom is 0.338 e. The Kier molecular flexibility index (Phi) is 5.42. The Morgan fingerprint density at radius 2 is 1.92 bits per heavy atom. The number of benzene rings is 2. The normalized spacial score (nSPS) is 10.1. The van der Waals surface area contributed by atoms with Crippen LogP contribution in [0.5, 0.6) is 0 Å². The van der Waals surface area contributed by atoms with E-state index in [9.17, 15) is 9.59 Å². The number of ether oxygens (including phenoxy) is 1. The van der Waals surface area contributed by atoms with Crippen LogP contribution >= 0.6 is 0 Å². The van der Waals surface area contributed by atoms with E-state index in [0.717, 1.165) is 5.69 Å². The summed E-state index contributed by atoms with van der Waals surface area (Å²) in [5.74, 6) is -0.724. The zero-order valence-electron chi connectivity index (χ0n) is 14.0. The highest BCUT2D eigenvalue weighted by Gasteiger charge is 2.15. The molecule has 0 aromatic heterocycles. The summed E-state index contributed by atoms with van der Waals surface area (Å²) in [6, 6.07) is 11.8. The van der Waals surface area contributed by atoms with E-state index in [1.54, 1.807) is 49.4 Å². The average molecular weight is 327 g/mol. The number of rotatable bonds is 5. The molecule has 126 valence electrons. The van der Waals surface area contributed by atoms with Gasteiger partial charge in [0.1, 0.15) is 0 Å². The molecule has 0 spiro atoms. The third kappa shape index (κ3) is 4.04. The standard InChI is InChI=1S/C18H21N3O3/c1-4-24-18(23)12-6-5-7-14(10-12)20-17(22)15-11-13(19)8-9-16(15)21(2)3/h5-11H,4,19H2,1-3H3,(H,20,22). The molecule has 24 heavy (non-hydrogen) atoms. The van der Waals surface area contributed by atoms with Gasteiger partial charge in [-0.15, -0.1) is 0 Å². The van der Waals surface area contributed by atoms with Crippen molar-refractivity contribution in [2.24, 2.45) is 0 Å². The highest BCUT2D eigenvalue weighted by molar-refractivity contribution is 6.09. The molecule has 3 N–H and O–H groups in total. The Hall–Kier alpha value is -3.02. The molecule has 0 saturated carbocycles. The minimum absolute atomic E-state index is 0.297. The monoisotopic (exact) mass is 327 g/mol. The molecule has 6 heteroatoms. The van der Waals surface area contributed by atoms with E-state index in [0.29, 0.717) is 29.1 Å². The molecule has 0 radical (unpaired) electrons. The van der Waals surface area contributed by atoms with Gasteiger partial charge in [-0.2, -0.15) is 0 Å². The van der Waals surface area contributed by atoms with Gasteiger partial charge in [0, 0.05) is 31.2 Å². The number of hydrogen-bond donors (Lipinski definition) is 2. The van der Waals surface area contributed by atoms with Crippen molar-refractivity contribution in [2.75, 3.05) is 36.7 Å². The highest BCUT2D eigenvalue weighted by Crippen LogP contribution is 2.23. The molecule has 0 unspecified atom stereocenters. The summed E-state index contributed by atoms with van der Waals surface area (Å²) < 4.78 is 4.96. The van der Waals surface area contributed by atoms with Crippen LogP contribution < -0.4 is 16.0 Å². The van der Waals surface area contributed by atoms with Crippen LogP contribution in [0.4, 0.5) is 17.1 Å². The predicted octanol–water partition coefficient (Wildman–Crippen LogP) is 2.76. The molecule has 1 amide bonds. The van der Waals surface area contributed by atoms with Crippen LogP contribution in [0, 0.1) is 0 Å². The van der Waals surface area contributed by atoms with Gasteiger partial charge in [-0.25, -0.2) is 4.79 Å². The zero-order valence-corrected chi connectivity index (χ0v) is 14.0. The molecule has 0 aliphatic heterocycles. The maximum atomic E-state index is 12.6. The van der Waals surface area contributed by atoms with Crippen LogP contribution in [0.1, 0.15) is 27.6 Å². The number of carbonyl (C=O) groups is 2. The van der Waals surface area contributed by atoms with Crippen LogP contribution in [0.25, 0.3) is 0 Å². The molecule has 0 fully saturated rings. The van der Waals surface area contributed by atoms with Crippen LogP contribution in [-0.4, -0.2) is 32.6 Å². The summed E-state index contributed by atoms with van der Waals surface area (Å²) in [6.07, 6.45) is 0. The number of nitrogen functional groups attached to an aromatic ring is 1. The molecule has 2 rings (SSSR count). The number of anilines is 3. The first-order valence-corrected chi connectivity index (χ1v) is 7.57. The number of nitrogens with zero attached hydrogens (tertiary/aromatic N) is 1. The molecule has 2 aromatic carbocycles. The molecule has 2 aromatic rings. The first-order valence-electron chi connectivity index (χ1n) is 7.57. The second-order valence-corrected chi connectivity index (χ2v) is 5.43. The van der Waals surface area contributed by atoms with Crippen molar-refractivity contribution in [3.63, 3.8) is 0 Å². The Bertz CT molecular complexity index is 757. The lowest BCUT2D eigenvalue weighted by molar-refractivity contribution is 0.0526. The summed E-state index contributed by atoms with van der Waals surface area (Å²) in [4.78, 5) is 26.2. The van der Waals surface area contributed by atoms with Crippen molar-refractivity contribution in [3.8, 4) is 0 Å². The van der Waals surface area contributed by atoms with Gasteiger partial charge >= 0.3 is 5.97 Å². The van der Waals surface area contributed by atoms with E-state index in [4.69, 9.17) is 10.5 Å². The molecule has 0 heterocycles.